The van der Waals surface area contributed by atoms with Gasteiger partial charge in [-0.1, -0.05) is 67.6 Å². The van der Waals surface area contributed by atoms with Gasteiger partial charge in [-0.05, 0) is 49.6 Å². The van der Waals surface area contributed by atoms with Crippen molar-refractivity contribution < 1.29 is 9.59 Å². The zero-order valence-electron chi connectivity index (χ0n) is 18.6. The molecular formula is C25H28N4O2S. The second kappa shape index (κ2) is 11.4. The summed E-state index contributed by atoms with van der Waals surface area (Å²) in [5.41, 5.74) is 9.49. The van der Waals surface area contributed by atoms with E-state index in [0.29, 0.717) is 17.7 Å². The first kappa shape index (κ1) is 23.5. The molecule has 7 heteroatoms. The number of hydrogen-bond donors (Lipinski definition) is 2. The first-order valence-corrected chi connectivity index (χ1v) is 11.6. The topological polar surface area (TPSA) is 84.0 Å². The molecule has 1 atom stereocenters. The lowest BCUT2D eigenvalue weighted by atomic mass is 9.94. The number of carbonyl (C=O) groups excluding carboxylic acids is 2. The van der Waals surface area contributed by atoms with Crippen molar-refractivity contribution in [1.29, 1.82) is 0 Å². The number of carbonyl (C=O) groups is 2. The highest BCUT2D eigenvalue weighted by atomic mass is 32.2. The van der Waals surface area contributed by atoms with Crippen LogP contribution in [0.1, 0.15) is 58.6 Å². The van der Waals surface area contributed by atoms with Crippen molar-refractivity contribution in [2.24, 2.45) is 0 Å². The fraction of sp³-hybridized carbons (Fsp3) is 0.280. The van der Waals surface area contributed by atoms with Crippen molar-refractivity contribution in [3.05, 3.63) is 88.7 Å². The number of nitrogens with one attached hydrogen (secondary N) is 2. The van der Waals surface area contributed by atoms with Gasteiger partial charge in [0.1, 0.15) is 0 Å². The maximum Gasteiger partial charge on any atom is 0.269 e. The van der Waals surface area contributed by atoms with E-state index in [4.69, 9.17) is 0 Å². The van der Waals surface area contributed by atoms with Crippen molar-refractivity contribution in [3.8, 4) is 0 Å². The lowest BCUT2D eigenvalue weighted by molar-refractivity contribution is -0.123. The van der Waals surface area contributed by atoms with Crippen LogP contribution >= 0.6 is 11.8 Å². The summed E-state index contributed by atoms with van der Waals surface area (Å²) in [4.78, 5) is 34.0. The van der Waals surface area contributed by atoms with Crippen molar-refractivity contribution in [3.63, 3.8) is 0 Å². The molecule has 1 aromatic heterocycles. The van der Waals surface area contributed by atoms with Crippen LogP contribution in [0, 0.1) is 13.8 Å². The van der Waals surface area contributed by atoms with Crippen LogP contribution in [0.5, 0.6) is 0 Å². The minimum absolute atomic E-state index is 0.215. The van der Waals surface area contributed by atoms with Gasteiger partial charge in [-0.2, -0.15) is 0 Å². The lowest BCUT2D eigenvalue weighted by Crippen LogP contribution is -2.44. The van der Waals surface area contributed by atoms with E-state index in [0.717, 1.165) is 34.1 Å². The van der Waals surface area contributed by atoms with Gasteiger partial charge < -0.3 is 0 Å². The van der Waals surface area contributed by atoms with E-state index in [1.165, 1.54) is 0 Å². The zero-order chi connectivity index (χ0) is 22.9. The molecule has 2 amide bonds. The largest absolute Gasteiger partial charge is 0.273 e. The highest BCUT2D eigenvalue weighted by Crippen LogP contribution is 2.22. The molecule has 0 saturated heterocycles. The van der Waals surface area contributed by atoms with E-state index in [9.17, 15) is 9.59 Å². The Labute approximate surface area is 193 Å². The van der Waals surface area contributed by atoms with E-state index in [1.54, 1.807) is 23.9 Å². The van der Waals surface area contributed by atoms with Crippen molar-refractivity contribution in [2.75, 3.05) is 0 Å². The molecule has 32 heavy (non-hydrogen) atoms. The van der Waals surface area contributed by atoms with Crippen LogP contribution in [-0.2, 0) is 10.5 Å². The molecule has 166 valence electrons. The summed E-state index contributed by atoms with van der Waals surface area (Å²) in [6, 6.07) is 18.9. The maximum absolute atomic E-state index is 12.7. The van der Waals surface area contributed by atoms with Gasteiger partial charge in [0.05, 0.1) is 5.92 Å². The van der Waals surface area contributed by atoms with Crippen molar-refractivity contribution >= 4 is 23.6 Å². The third kappa shape index (κ3) is 6.65. The number of aromatic nitrogens is 2. The fourth-order valence-corrected chi connectivity index (χ4v) is 4.26. The average Bonchev–Trinajstić information content (AvgIpc) is 2.79. The summed E-state index contributed by atoms with van der Waals surface area (Å²) in [6.07, 6.45) is 1.58. The summed E-state index contributed by atoms with van der Waals surface area (Å²) >= 11 is 1.56. The molecule has 3 aromatic rings. The molecule has 0 aliphatic rings. The van der Waals surface area contributed by atoms with E-state index in [2.05, 4.69) is 20.8 Å². The van der Waals surface area contributed by atoms with Crippen molar-refractivity contribution in [1.82, 2.24) is 20.8 Å². The van der Waals surface area contributed by atoms with Crippen LogP contribution in [0.3, 0.4) is 0 Å². The van der Waals surface area contributed by atoms with Gasteiger partial charge in [-0.15, -0.1) is 0 Å². The molecule has 0 aliphatic carbocycles. The molecule has 2 aromatic carbocycles. The van der Waals surface area contributed by atoms with Crippen LogP contribution in [-0.4, -0.2) is 21.8 Å². The van der Waals surface area contributed by atoms with Gasteiger partial charge in [-0.3, -0.25) is 20.4 Å². The van der Waals surface area contributed by atoms with E-state index in [-0.39, 0.29) is 17.7 Å². The van der Waals surface area contributed by atoms with E-state index < -0.39 is 0 Å². The average molecular weight is 449 g/mol. The molecular weight excluding hydrogens is 420 g/mol. The molecule has 0 aliphatic heterocycles. The molecule has 1 heterocycles. The Morgan fingerprint density at radius 2 is 1.59 bits per heavy atom. The first-order valence-electron chi connectivity index (χ1n) is 10.7. The molecule has 3 rings (SSSR count). The molecule has 0 radical (unpaired) electrons. The third-order valence-corrected chi connectivity index (χ3v) is 5.86. The van der Waals surface area contributed by atoms with Crippen LogP contribution in [0.15, 0.2) is 65.8 Å². The van der Waals surface area contributed by atoms with E-state index >= 15 is 0 Å². The Balaban J connectivity index is 1.54. The molecule has 0 saturated carbocycles. The van der Waals surface area contributed by atoms with Gasteiger partial charge in [0.25, 0.3) is 5.91 Å². The molecule has 0 unspecified atom stereocenters. The highest BCUT2D eigenvalue weighted by molar-refractivity contribution is 7.98. The number of thioether (sulfide) groups is 1. The number of nitrogens with zero attached hydrogens (tertiary/aromatic N) is 2. The maximum atomic E-state index is 12.7. The first-order chi connectivity index (χ1) is 15.5. The minimum Gasteiger partial charge on any atom is -0.273 e. The number of aryl methyl sites for hydroxylation is 2. The smallest absolute Gasteiger partial charge is 0.269 e. The number of hydrogen-bond acceptors (Lipinski definition) is 5. The molecule has 0 spiro atoms. The lowest BCUT2D eigenvalue weighted by Gasteiger charge is -2.17. The minimum atomic E-state index is -0.349. The molecule has 2 N–H and O–H groups in total. The Morgan fingerprint density at radius 3 is 2.22 bits per heavy atom. The van der Waals surface area contributed by atoms with Crippen LogP contribution < -0.4 is 10.9 Å². The SMILES string of the molecule is CCC[C@H](C(=O)NNC(=O)c1ccc(CSc2nc(C)cc(C)n2)cc1)c1ccccc1. The number of hydrazine groups is 1. The van der Waals surface area contributed by atoms with Gasteiger partial charge >= 0.3 is 0 Å². The summed E-state index contributed by atoms with van der Waals surface area (Å²) in [6.45, 7) is 5.94. The number of benzene rings is 2. The van der Waals surface area contributed by atoms with Gasteiger partial charge in [0, 0.05) is 22.7 Å². The zero-order valence-corrected chi connectivity index (χ0v) is 19.4. The standard InChI is InChI=1S/C25H28N4O2S/c1-4-8-22(20-9-6-5-7-10-20)24(31)29-28-23(30)21-13-11-19(12-14-21)16-32-25-26-17(2)15-18(3)27-25/h5-7,9-15,22H,4,8,16H2,1-3H3,(H,28,30)(H,29,31)/t22-/m0/s1. The van der Waals surface area contributed by atoms with Crippen LogP contribution in [0.4, 0.5) is 0 Å². The second-order valence-electron chi connectivity index (χ2n) is 7.61. The molecule has 0 fully saturated rings. The Morgan fingerprint density at radius 1 is 0.938 bits per heavy atom. The molecule has 6 nitrogen and oxygen atoms in total. The predicted octanol–water partition coefficient (Wildman–Crippen LogP) is 4.73. The van der Waals surface area contributed by atoms with Crippen LogP contribution in [0.25, 0.3) is 0 Å². The van der Waals surface area contributed by atoms with Gasteiger partial charge in [-0.25, -0.2) is 9.97 Å². The third-order valence-electron chi connectivity index (χ3n) is 4.94. The van der Waals surface area contributed by atoms with Crippen LogP contribution in [0.2, 0.25) is 0 Å². The summed E-state index contributed by atoms with van der Waals surface area (Å²) < 4.78 is 0. The van der Waals surface area contributed by atoms with Crippen molar-refractivity contribution in [2.45, 2.75) is 50.4 Å². The monoisotopic (exact) mass is 448 g/mol. The Hall–Kier alpha value is -3.19. The van der Waals surface area contributed by atoms with Gasteiger partial charge in [0.15, 0.2) is 5.16 Å². The fourth-order valence-electron chi connectivity index (χ4n) is 3.36. The summed E-state index contributed by atoms with van der Waals surface area (Å²) in [5.74, 6) is -0.156. The normalized spacial score (nSPS) is 11.6. The Kier molecular flexibility index (Phi) is 8.39. The number of amides is 2. The quantitative estimate of drug-likeness (QED) is 0.296. The highest BCUT2D eigenvalue weighted by Gasteiger charge is 2.20. The Bertz CT molecular complexity index is 1040. The summed E-state index contributed by atoms with van der Waals surface area (Å²) in [7, 11) is 0. The number of rotatable bonds is 8. The van der Waals surface area contributed by atoms with E-state index in [1.807, 2.05) is 69.3 Å². The second-order valence-corrected chi connectivity index (χ2v) is 8.56. The van der Waals surface area contributed by atoms with Gasteiger partial charge in [0.2, 0.25) is 5.91 Å². The summed E-state index contributed by atoms with van der Waals surface area (Å²) in [5, 5.41) is 0.743. The molecule has 0 bridgehead atoms. The predicted molar refractivity (Wildman–Crippen MR) is 127 cm³/mol.